The number of phenols is 1. The van der Waals surface area contributed by atoms with Crippen molar-refractivity contribution in [3.8, 4) is 23.3 Å². The summed E-state index contributed by atoms with van der Waals surface area (Å²) in [5.41, 5.74) is 2.06. The Balaban J connectivity index is 1.74. The van der Waals surface area contributed by atoms with Gasteiger partial charge in [-0.3, -0.25) is 4.79 Å². The van der Waals surface area contributed by atoms with Gasteiger partial charge in [0.25, 0.3) is 5.91 Å². The molecule has 2 N–H and O–H groups in total. The van der Waals surface area contributed by atoms with Gasteiger partial charge in [0.2, 0.25) is 0 Å². The fourth-order valence-corrected chi connectivity index (χ4v) is 2.69. The van der Waals surface area contributed by atoms with E-state index in [1.165, 1.54) is 25.3 Å². The number of carbonyl (C=O) groups excluding carboxylic acids is 1. The summed E-state index contributed by atoms with van der Waals surface area (Å²) in [6.45, 7) is 0.394. The monoisotopic (exact) mass is 400 g/mol. The van der Waals surface area contributed by atoms with Gasteiger partial charge in [0, 0.05) is 5.69 Å². The van der Waals surface area contributed by atoms with Crippen molar-refractivity contribution in [1.82, 2.24) is 0 Å². The van der Waals surface area contributed by atoms with E-state index >= 15 is 0 Å². The molecule has 0 unspecified atom stereocenters. The molecule has 0 fully saturated rings. The van der Waals surface area contributed by atoms with Crippen LogP contribution in [0.5, 0.6) is 17.2 Å². The van der Waals surface area contributed by atoms with Gasteiger partial charge in [-0.15, -0.1) is 0 Å². The SMILES string of the molecule is COc1cc(/C=C(/C#N)C(=O)Nc2ccc(O)cc2)ccc1OCc1ccccc1. The molecule has 150 valence electrons. The van der Waals surface area contributed by atoms with Crippen molar-refractivity contribution in [3.05, 3.63) is 89.5 Å². The second-order valence-corrected chi connectivity index (χ2v) is 6.36. The molecule has 6 nitrogen and oxygen atoms in total. The molecule has 1 amide bonds. The Hall–Kier alpha value is -4.24. The Morgan fingerprint density at radius 1 is 1.07 bits per heavy atom. The number of ether oxygens (including phenoxy) is 2. The lowest BCUT2D eigenvalue weighted by Crippen LogP contribution is -2.13. The molecular weight excluding hydrogens is 380 g/mol. The third kappa shape index (κ3) is 5.40. The van der Waals surface area contributed by atoms with Crippen LogP contribution in [0.2, 0.25) is 0 Å². The normalized spacial score (nSPS) is 10.7. The number of phenolic OH excluding ortho intramolecular Hbond substituents is 1. The number of nitriles is 1. The minimum Gasteiger partial charge on any atom is -0.508 e. The molecule has 0 heterocycles. The lowest BCUT2D eigenvalue weighted by molar-refractivity contribution is -0.112. The predicted octanol–water partition coefficient (Wildman–Crippen LogP) is 4.53. The van der Waals surface area contributed by atoms with Crippen LogP contribution in [0, 0.1) is 11.3 Å². The molecule has 3 aromatic rings. The molecule has 0 aliphatic heterocycles. The number of methoxy groups -OCH3 is 1. The van der Waals surface area contributed by atoms with E-state index in [2.05, 4.69) is 5.32 Å². The van der Waals surface area contributed by atoms with E-state index in [-0.39, 0.29) is 11.3 Å². The fraction of sp³-hybridized carbons (Fsp3) is 0.0833. The molecular formula is C24H20N2O4. The van der Waals surface area contributed by atoms with Crippen LogP contribution < -0.4 is 14.8 Å². The summed E-state index contributed by atoms with van der Waals surface area (Å²) >= 11 is 0. The highest BCUT2D eigenvalue weighted by atomic mass is 16.5. The van der Waals surface area contributed by atoms with Gasteiger partial charge in [-0.25, -0.2) is 0 Å². The zero-order valence-corrected chi connectivity index (χ0v) is 16.3. The lowest BCUT2D eigenvalue weighted by atomic mass is 10.1. The largest absolute Gasteiger partial charge is 0.508 e. The van der Waals surface area contributed by atoms with Crippen molar-refractivity contribution in [2.24, 2.45) is 0 Å². The standard InChI is InChI=1S/C24H20N2O4/c1-29-23-14-18(7-12-22(23)30-16-17-5-3-2-4-6-17)13-19(15-25)24(28)26-20-8-10-21(27)11-9-20/h2-14,27H,16H2,1H3,(H,26,28)/b19-13-. The summed E-state index contributed by atoms with van der Waals surface area (Å²) < 4.78 is 11.2. The van der Waals surface area contributed by atoms with Crippen molar-refractivity contribution >= 4 is 17.7 Å². The Bertz CT molecular complexity index is 1080. The smallest absolute Gasteiger partial charge is 0.266 e. The van der Waals surface area contributed by atoms with E-state index in [0.717, 1.165) is 5.56 Å². The number of benzene rings is 3. The fourth-order valence-electron chi connectivity index (χ4n) is 2.69. The summed E-state index contributed by atoms with van der Waals surface area (Å²) in [5.74, 6) is 0.596. The van der Waals surface area contributed by atoms with E-state index in [1.807, 2.05) is 36.4 Å². The van der Waals surface area contributed by atoms with Crippen molar-refractivity contribution in [3.63, 3.8) is 0 Å². The summed E-state index contributed by atoms with van der Waals surface area (Å²) in [6.07, 6.45) is 1.47. The van der Waals surface area contributed by atoms with Gasteiger partial charge < -0.3 is 19.9 Å². The number of hydrogen-bond acceptors (Lipinski definition) is 5. The van der Waals surface area contributed by atoms with E-state index in [4.69, 9.17) is 9.47 Å². The van der Waals surface area contributed by atoms with Gasteiger partial charge in [-0.2, -0.15) is 5.26 Å². The van der Waals surface area contributed by atoms with Crippen LogP contribution in [0.3, 0.4) is 0 Å². The minimum atomic E-state index is -0.549. The molecule has 30 heavy (non-hydrogen) atoms. The van der Waals surface area contributed by atoms with E-state index in [1.54, 1.807) is 30.3 Å². The summed E-state index contributed by atoms with van der Waals surface area (Å²) in [4.78, 5) is 12.4. The first kappa shape index (κ1) is 20.5. The molecule has 0 atom stereocenters. The second kappa shape index (κ2) is 9.80. The molecule has 0 spiro atoms. The molecule has 0 aromatic heterocycles. The first-order valence-electron chi connectivity index (χ1n) is 9.16. The molecule has 0 aliphatic rings. The average Bonchev–Trinajstić information content (AvgIpc) is 2.78. The Kier molecular flexibility index (Phi) is 6.70. The number of amides is 1. The number of nitrogens with one attached hydrogen (secondary N) is 1. The van der Waals surface area contributed by atoms with Gasteiger partial charge in [0.1, 0.15) is 24.0 Å². The molecule has 3 rings (SSSR count). The zero-order chi connectivity index (χ0) is 21.3. The zero-order valence-electron chi connectivity index (χ0n) is 16.3. The van der Waals surface area contributed by atoms with E-state index in [9.17, 15) is 15.2 Å². The number of anilines is 1. The highest BCUT2D eigenvalue weighted by molar-refractivity contribution is 6.09. The number of aromatic hydroxyl groups is 1. The van der Waals surface area contributed by atoms with E-state index in [0.29, 0.717) is 29.4 Å². The second-order valence-electron chi connectivity index (χ2n) is 6.36. The van der Waals surface area contributed by atoms with Crippen LogP contribution in [-0.4, -0.2) is 18.1 Å². The molecule has 0 saturated carbocycles. The van der Waals surface area contributed by atoms with E-state index < -0.39 is 5.91 Å². The van der Waals surface area contributed by atoms with Crippen LogP contribution in [0.4, 0.5) is 5.69 Å². The van der Waals surface area contributed by atoms with Gasteiger partial charge in [-0.1, -0.05) is 36.4 Å². The van der Waals surface area contributed by atoms with Crippen molar-refractivity contribution in [1.29, 1.82) is 5.26 Å². The summed E-state index contributed by atoms with van der Waals surface area (Å²) in [5, 5.41) is 21.3. The number of rotatable bonds is 7. The quantitative estimate of drug-likeness (QED) is 0.345. The van der Waals surface area contributed by atoms with Gasteiger partial charge in [0.05, 0.1) is 7.11 Å². The molecule has 6 heteroatoms. The minimum absolute atomic E-state index is 0.0666. The molecule has 3 aromatic carbocycles. The number of hydrogen-bond donors (Lipinski definition) is 2. The highest BCUT2D eigenvalue weighted by Gasteiger charge is 2.11. The maximum atomic E-state index is 12.4. The van der Waals surface area contributed by atoms with Crippen LogP contribution in [0.1, 0.15) is 11.1 Å². The maximum Gasteiger partial charge on any atom is 0.266 e. The van der Waals surface area contributed by atoms with Crippen LogP contribution >= 0.6 is 0 Å². The Labute approximate surface area is 174 Å². The first-order valence-corrected chi connectivity index (χ1v) is 9.16. The number of nitrogens with zero attached hydrogens (tertiary/aromatic N) is 1. The maximum absolute atomic E-state index is 12.4. The number of carbonyl (C=O) groups is 1. The topological polar surface area (TPSA) is 91.6 Å². The van der Waals surface area contributed by atoms with Crippen molar-refractivity contribution in [2.45, 2.75) is 6.61 Å². The van der Waals surface area contributed by atoms with Crippen LogP contribution in [0.15, 0.2) is 78.4 Å². The Morgan fingerprint density at radius 3 is 2.47 bits per heavy atom. The van der Waals surface area contributed by atoms with Crippen LogP contribution in [0.25, 0.3) is 6.08 Å². The molecule has 0 radical (unpaired) electrons. The third-order valence-corrected chi connectivity index (χ3v) is 4.23. The third-order valence-electron chi connectivity index (χ3n) is 4.23. The van der Waals surface area contributed by atoms with Gasteiger partial charge >= 0.3 is 0 Å². The van der Waals surface area contributed by atoms with Crippen molar-refractivity contribution in [2.75, 3.05) is 12.4 Å². The van der Waals surface area contributed by atoms with Gasteiger partial charge in [-0.05, 0) is 53.6 Å². The lowest BCUT2D eigenvalue weighted by Gasteiger charge is -2.11. The van der Waals surface area contributed by atoms with Gasteiger partial charge in [0.15, 0.2) is 11.5 Å². The van der Waals surface area contributed by atoms with Crippen molar-refractivity contribution < 1.29 is 19.4 Å². The molecule has 0 bridgehead atoms. The Morgan fingerprint density at radius 2 is 1.80 bits per heavy atom. The molecule has 0 aliphatic carbocycles. The molecule has 0 saturated heterocycles. The van der Waals surface area contributed by atoms with Crippen LogP contribution in [-0.2, 0) is 11.4 Å². The summed E-state index contributed by atoms with van der Waals surface area (Å²) in [7, 11) is 1.53. The highest BCUT2D eigenvalue weighted by Crippen LogP contribution is 2.29. The first-order chi connectivity index (χ1) is 14.6. The predicted molar refractivity (Wildman–Crippen MR) is 114 cm³/mol. The average molecular weight is 400 g/mol. The summed E-state index contributed by atoms with van der Waals surface area (Å²) in [6, 6.07) is 22.8.